The van der Waals surface area contributed by atoms with Gasteiger partial charge in [-0.15, -0.1) is 0 Å². The summed E-state index contributed by atoms with van der Waals surface area (Å²) in [6, 6.07) is 5.71. The van der Waals surface area contributed by atoms with E-state index in [0.717, 1.165) is 23.7 Å². The highest BCUT2D eigenvalue weighted by atomic mass is 79.9. The number of hydrogen-bond donors (Lipinski definition) is 0. The number of carbonyl (C=O) groups is 1. The van der Waals surface area contributed by atoms with E-state index >= 15 is 0 Å². The predicted molar refractivity (Wildman–Crippen MR) is 89.5 cm³/mol. The van der Waals surface area contributed by atoms with Crippen LogP contribution in [0.2, 0.25) is 0 Å². The molecular weight excluding hydrogens is 332 g/mol. The highest BCUT2D eigenvalue weighted by Crippen LogP contribution is 2.24. The van der Waals surface area contributed by atoms with Crippen molar-refractivity contribution in [3.05, 3.63) is 29.3 Å². The zero-order valence-electron chi connectivity index (χ0n) is 13.0. The standard InChI is InChI=1S/C17H25BrO3/c1-20-15-12-9-11-14(16(15)17(19)21-2)10-7-5-3-4-6-8-13-18/h9,11-12H,3-8,10,13H2,1-2H3. The number of esters is 1. The molecule has 0 saturated carbocycles. The number of benzene rings is 1. The number of rotatable bonds is 10. The van der Waals surface area contributed by atoms with Crippen molar-refractivity contribution < 1.29 is 14.3 Å². The third-order valence-corrected chi connectivity index (χ3v) is 4.11. The maximum Gasteiger partial charge on any atom is 0.341 e. The van der Waals surface area contributed by atoms with Crippen molar-refractivity contribution in [2.24, 2.45) is 0 Å². The minimum absolute atomic E-state index is 0.320. The van der Waals surface area contributed by atoms with Gasteiger partial charge in [0.2, 0.25) is 0 Å². The Bertz CT molecular complexity index is 432. The van der Waals surface area contributed by atoms with Crippen LogP contribution in [0.3, 0.4) is 0 Å². The van der Waals surface area contributed by atoms with Crippen LogP contribution < -0.4 is 4.74 Å². The lowest BCUT2D eigenvalue weighted by atomic mass is 9.99. The smallest absolute Gasteiger partial charge is 0.341 e. The molecule has 1 rings (SSSR count). The van der Waals surface area contributed by atoms with Gasteiger partial charge >= 0.3 is 5.97 Å². The Labute approximate surface area is 136 Å². The summed E-state index contributed by atoms with van der Waals surface area (Å²) in [5, 5.41) is 1.10. The molecule has 3 nitrogen and oxygen atoms in total. The summed E-state index contributed by atoms with van der Waals surface area (Å²) < 4.78 is 10.1. The zero-order chi connectivity index (χ0) is 15.5. The maximum atomic E-state index is 11.9. The van der Waals surface area contributed by atoms with Gasteiger partial charge in [0.15, 0.2) is 0 Å². The Morgan fingerprint density at radius 2 is 1.71 bits per heavy atom. The van der Waals surface area contributed by atoms with Gasteiger partial charge in [-0.25, -0.2) is 4.79 Å². The van der Waals surface area contributed by atoms with Crippen LogP contribution in [-0.4, -0.2) is 25.5 Å². The lowest BCUT2D eigenvalue weighted by Crippen LogP contribution is -2.08. The first-order chi connectivity index (χ1) is 10.2. The quantitative estimate of drug-likeness (QED) is 0.344. The Hall–Kier alpha value is -1.03. The average Bonchev–Trinajstić information content (AvgIpc) is 2.52. The van der Waals surface area contributed by atoms with Crippen LogP contribution >= 0.6 is 15.9 Å². The second-order valence-electron chi connectivity index (χ2n) is 5.05. The average molecular weight is 357 g/mol. The highest BCUT2D eigenvalue weighted by Gasteiger charge is 2.17. The topological polar surface area (TPSA) is 35.5 Å². The maximum absolute atomic E-state index is 11.9. The Kier molecular flexibility index (Phi) is 9.15. The summed E-state index contributed by atoms with van der Waals surface area (Å²) in [6.45, 7) is 0. The summed E-state index contributed by atoms with van der Waals surface area (Å²) in [6.07, 6.45) is 8.25. The highest BCUT2D eigenvalue weighted by molar-refractivity contribution is 9.09. The molecule has 0 atom stereocenters. The van der Waals surface area contributed by atoms with Crippen LogP contribution in [0.5, 0.6) is 5.75 Å². The molecule has 0 saturated heterocycles. The SMILES string of the molecule is COC(=O)c1c(CCCCCCCCBr)cccc1OC. The van der Waals surface area contributed by atoms with Gasteiger partial charge in [-0.3, -0.25) is 0 Å². The molecule has 0 fully saturated rings. The first kappa shape index (κ1) is 18.0. The summed E-state index contributed by atoms with van der Waals surface area (Å²) in [5.74, 6) is 0.274. The van der Waals surface area contributed by atoms with Crippen molar-refractivity contribution in [2.75, 3.05) is 19.5 Å². The Morgan fingerprint density at radius 1 is 1.05 bits per heavy atom. The van der Waals surface area contributed by atoms with Crippen molar-refractivity contribution in [2.45, 2.75) is 44.9 Å². The second kappa shape index (κ2) is 10.7. The number of aryl methyl sites for hydroxylation is 1. The van der Waals surface area contributed by atoms with Crippen LogP contribution in [0, 0.1) is 0 Å². The second-order valence-corrected chi connectivity index (χ2v) is 5.84. The van der Waals surface area contributed by atoms with E-state index in [1.54, 1.807) is 13.2 Å². The number of carbonyl (C=O) groups excluding carboxylic acids is 1. The largest absolute Gasteiger partial charge is 0.496 e. The number of unbranched alkanes of at least 4 members (excludes halogenated alkanes) is 5. The first-order valence-electron chi connectivity index (χ1n) is 7.54. The minimum Gasteiger partial charge on any atom is -0.496 e. The summed E-state index contributed by atoms with van der Waals surface area (Å²) in [4.78, 5) is 11.9. The Balaban J connectivity index is 2.52. The molecule has 0 aromatic heterocycles. The van der Waals surface area contributed by atoms with E-state index < -0.39 is 0 Å². The van der Waals surface area contributed by atoms with Gasteiger partial charge in [-0.2, -0.15) is 0 Å². The molecule has 0 heterocycles. The molecule has 0 aliphatic carbocycles. The molecule has 4 heteroatoms. The van der Waals surface area contributed by atoms with E-state index in [1.165, 1.54) is 39.2 Å². The first-order valence-corrected chi connectivity index (χ1v) is 8.67. The van der Waals surface area contributed by atoms with E-state index in [9.17, 15) is 4.79 Å². The van der Waals surface area contributed by atoms with E-state index in [2.05, 4.69) is 15.9 Å². The number of ether oxygens (including phenoxy) is 2. The lowest BCUT2D eigenvalue weighted by molar-refractivity contribution is 0.0595. The van der Waals surface area contributed by atoms with Gasteiger partial charge in [0.1, 0.15) is 11.3 Å². The van der Waals surface area contributed by atoms with Crippen LogP contribution in [0.25, 0.3) is 0 Å². The molecular formula is C17H25BrO3. The van der Waals surface area contributed by atoms with Gasteiger partial charge < -0.3 is 9.47 Å². The molecule has 0 aliphatic heterocycles. The molecule has 1 aromatic rings. The van der Waals surface area contributed by atoms with E-state index in [4.69, 9.17) is 9.47 Å². The van der Waals surface area contributed by atoms with Crippen LogP contribution in [0.4, 0.5) is 0 Å². The number of halogens is 1. The molecule has 118 valence electrons. The summed E-state index contributed by atoms with van der Waals surface area (Å²) in [7, 11) is 2.98. The molecule has 1 aromatic carbocycles. The number of methoxy groups -OCH3 is 2. The third-order valence-electron chi connectivity index (χ3n) is 3.55. The van der Waals surface area contributed by atoms with E-state index in [-0.39, 0.29) is 5.97 Å². The molecule has 0 bridgehead atoms. The van der Waals surface area contributed by atoms with E-state index in [0.29, 0.717) is 11.3 Å². The zero-order valence-corrected chi connectivity index (χ0v) is 14.6. The van der Waals surface area contributed by atoms with Crippen LogP contribution in [0.15, 0.2) is 18.2 Å². The normalized spacial score (nSPS) is 10.4. The van der Waals surface area contributed by atoms with Crippen molar-refractivity contribution in [3.63, 3.8) is 0 Å². The third kappa shape index (κ3) is 6.08. The fraction of sp³-hybridized carbons (Fsp3) is 0.588. The van der Waals surface area contributed by atoms with E-state index in [1.807, 2.05) is 12.1 Å². The van der Waals surface area contributed by atoms with Crippen molar-refractivity contribution in [1.29, 1.82) is 0 Å². The fourth-order valence-corrected chi connectivity index (χ4v) is 2.80. The molecule has 0 aliphatic rings. The van der Waals surface area contributed by atoms with Gasteiger partial charge in [-0.1, -0.05) is 53.7 Å². The monoisotopic (exact) mass is 356 g/mol. The molecule has 0 N–H and O–H groups in total. The molecule has 0 spiro atoms. The number of alkyl halides is 1. The van der Waals surface area contributed by atoms with Crippen molar-refractivity contribution in [1.82, 2.24) is 0 Å². The van der Waals surface area contributed by atoms with Gasteiger partial charge in [-0.05, 0) is 30.9 Å². The lowest BCUT2D eigenvalue weighted by Gasteiger charge is -2.12. The molecule has 0 radical (unpaired) electrons. The number of hydrogen-bond acceptors (Lipinski definition) is 3. The fourth-order valence-electron chi connectivity index (χ4n) is 2.41. The van der Waals surface area contributed by atoms with Crippen molar-refractivity contribution in [3.8, 4) is 5.75 Å². The van der Waals surface area contributed by atoms with Crippen LogP contribution in [0.1, 0.15) is 54.4 Å². The van der Waals surface area contributed by atoms with Gasteiger partial charge in [0.05, 0.1) is 14.2 Å². The predicted octanol–water partition coefficient (Wildman–Crippen LogP) is 4.76. The molecule has 21 heavy (non-hydrogen) atoms. The summed E-state index contributed by atoms with van der Waals surface area (Å²) in [5.41, 5.74) is 1.59. The summed E-state index contributed by atoms with van der Waals surface area (Å²) >= 11 is 3.45. The van der Waals surface area contributed by atoms with Gasteiger partial charge in [0, 0.05) is 5.33 Å². The van der Waals surface area contributed by atoms with Crippen molar-refractivity contribution >= 4 is 21.9 Å². The Morgan fingerprint density at radius 3 is 2.33 bits per heavy atom. The molecule has 0 amide bonds. The van der Waals surface area contributed by atoms with Gasteiger partial charge in [0.25, 0.3) is 0 Å². The van der Waals surface area contributed by atoms with Crippen LogP contribution in [-0.2, 0) is 11.2 Å². The minimum atomic E-state index is -0.320. The molecule has 0 unspecified atom stereocenters.